The first-order valence-electron chi connectivity index (χ1n) is 5.53. The van der Waals surface area contributed by atoms with E-state index in [1.807, 2.05) is 13.8 Å². The van der Waals surface area contributed by atoms with Crippen molar-refractivity contribution in [2.24, 2.45) is 0 Å². The van der Waals surface area contributed by atoms with Gasteiger partial charge in [0.15, 0.2) is 0 Å². The maximum Gasteiger partial charge on any atom is -0.00258 e. The molecule has 0 aliphatic carbocycles. The Kier molecular flexibility index (Phi) is 7.87. The Morgan fingerprint density at radius 3 is 1.25 bits per heavy atom. The fourth-order valence-electron chi connectivity index (χ4n) is 1.43. The SMILES string of the molecule is C.CC.c1ccc(Cc2ccccc2)cc1. The molecule has 16 heavy (non-hydrogen) atoms. The van der Waals surface area contributed by atoms with E-state index in [1.165, 1.54) is 11.1 Å². The average Bonchev–Trinajstić information content (AvgIpc) is 2.34. The number of benzene rings is 2. The van der Waals surface area contributed by atoms with Crippen molar-refractivity contribution >= 4 is 0 Å². The molecule has 0 saturated carbocycles. The molecule has 2 aromatic rings. The lowest BCUT2D eigenvalue weighted by Gasteiger charge is -2.00. The Morgan fingerprint density at radius 2 is 0.938 bits per heavy atom. The van der Waals surface area contributed by atoms with Gasteiger partial charge in [-0.05, 0) is 17.5 Å². The summed E-state index contributed by atoms with van der Waals surface area (Å²) < 4.78 is 0. The fourth-order valence-corrected chi connectivity index (χ4v) is 1.43. The summed E-state index contributed by atoms with van der Waals surface area (Å²) in [6, 6.07) is 21.1. The van der Waals surface area contributed by atoms with Gasteiger partial charge < -0.3 is 0 Å². The van der Waals surface area contributed by atoms with Crippen molar-refractivity contribution < 1.29 is 0 Å². The highest BCUT2D eigenvalue weighted by Crippen LogP contribution is 2.07. The third kappa shape index (κ3) is 4.79. The zero-order chi connectivity index (χ0) is 10.9. The minimum Gasteiger partial charge on any atom is -0.0776 e. The Balaban J connectivity index is 0.000000711. The summed E-state index contributed by atoms with van der Waals surface area (Å²) >= 11 is 0. The normalized spacial score (nSPS) is 8.38. The van der Waals surface area contributed by atoms with E-state index >= 15 is 0 Å². The summed E-state index contributed by atoms with van der Waals surface area (Å²) in [4.78, 5) is 0. The lowest BCUT2D eigenvalue weighted by molar-refractivity contribution is 1.19. The number of hydrogen-bond donors (Lipinski definition) is 0. The van der Waals surface area contributed by atoms with E-state index in [-0.39, 0.29) is 7.43 Å². The molecular weight excluding hydrogens is 192 g/mol. The van der Waals surface area contributed by atoms with Gasteiger partial charge >= 0.3 is 0 Å². The smallest absolute Gasteiger partial charge is 0.00258 e. The van der Waals surface area contributed by atoms with Crippen LogP contribution in [0.15, 0.2) is 60.7 Å². The van der Waals surface area contributed by atoms with Crippen LogP contribution in [0.4, 0.5) is 0 Å². The second kappa shape index (κ2) is 8.72. The van der Waals surface area contributed by atoms with Crippen LogP contribution in [-0.2, 0) is 6.42 Å². The molecule has 0 heteroatoms. The van der Waals surface area contributed by atoms with E-state index in [9.17, 15) is 0 Å². The summed E-state index contributed by atoms with van der Waals surface area (Å²) in [7, 11) is 0. The zero-order valence-corrected chi connectivity index (χ0v) is 9.48. The van der Waals surface area contributed by atoms with Gasteiger partial charge in [-0.15, -0.1) is 0 Å². The molecule has 0 heterocycles. The van der Waals surface area contributed by atoms with Crippen molar-refractivity contribution in [2.45, 2.75) is 27.7 Å². The zero-order valence-electron chi connectivity index (χ0n) is 9.48. The third-order valence-corrected chi connectivity index (χ3v) is 2.09. The predicted octanol–water partition coefficient (Wildman–Crippen LogP) is 4.94. The van der Waals surface area contributed by atoms with Gasteiger partial charge in [-0.25, -0.2) is 0 Å². The second-order valence-corrected chi connectivity index (χ2v) is 3.15. The number of rotatable bonds is 2. The van der Waals surface area contributed by atoms with Crippen LogP contribution < -0.4 is 0 Å². The monoisotopic (exact) mass is 214 g/mol. The van der Waals surface area contributed by atoms with Crippen molar-refractivity contribution in [3.05, 3.63) is 71.8 Å². The fraction of sp³-hybridized carbons (Fsp3) is 0.250. The molecule has 0 radical (unpaired) electrons. The van der Waals surface area contributed by atoms with E-state index in [0.717, 1.165) is 6.42 Å². The molecule has 0 saturated heterocycles. The Morgan fingerprint density at radius 1 is 0.625 bits per heavy atom. The Bertz CT molecular complexity index is 311. The van der Waals surface area contributed by atoms with Gasteiger partial charge in [-0.3, -0.25) is 0 Å². The third-order valence-electron chi connectivity index (χ3n) is 2.09. The first-order valence-corrected chi connectivity index (χ1v) is 5.53. The molecule has 0 unspecified atom stereocenters. The molecule has 0 nitrogen and oxygen atoms in total. The lowest BCUT2D eigenvalue weighted by Crippen LogP contribution is -1.85. The molecule has 0 aliphatic rings. The lowest BCUT2D eigenvalue weighted by atomic mass is 10.1. The molecule has 86 valence electrons. The van der Waals surface area contributed by atoms with E-state index < -0.39 is 0 Å². The highest BCUT2D eigenvalue weighted by Gasteiger charge is 1.92. The quantitative estimate of drug-likeness (QED) is 0.664. The molecule has 0 atom stereocenters. The van der Waals surface area contributed by atoms with E-state index in [2.05, 4.69) is 60.7 Å². The van der Waals surface area contributed by atoms with Gasteiger partial charge in [0.2, 0.25) is 0 Å². The molecule has 0 bridgehead atoms. The van der Waals surface area contributed by atoms with Crippen LogP contribution in [0.2, 0.25) is 0 Å². The van der Waals surface area contributed by atoms with Crippen LogP contribution in [0.25, 0.3) is 0 Å². The molecule has 0 aromatic heterocycles. The molecule has 0 aliphatic heterocycles. The standard InChI is InChI=1S/C13H12.C2H6.CH4/c1-3-7-12(8-4-1)11-13-9-5-2-6-10-13;1-2;/h1-10H,11H2;1-2H3;1H4. The molecule has 2 rings (SSSR count). The van der Waals surface area contributed by atoms with Crippen molar-refractivity contribution in [3.8, 4) is 0 Å². The molecule has 0 fully saturated rings. The van der Waals surface area contributed by atoms with Crippen LogP contribution in [0.3, 0.4) is 0 Å². The van der Waals surface area contributed by atoms with Crippen molar-refractivity contribution in [1.82, 2.24) is 0 Å². The Hall–Kier alpha value is -1.56. The maximum atomic E-state index is 2.16. The summed E-state index contributed by atoms with van der Waals surface area (Å²) in [6.45, 7) is 4.00. The van der Waals surface area contributed by atoms with Crippen molar-refractivity contribution in [1.29, 1.82) is 0 Å². The van der Waals surface area contributed by atoms with E-state index in [0.29, 0.717) is 0 Å². The van der Waals surface area contributed by atoms with Crippen molar-refractivity contribution in [2.75, 3.05) is 0 Å². The largest absolute Gasteiger partial charge is 0.0776 e. The van der Waals surface area contributed by atoms with Gasteiger partial charge in [0.05, 0.1) is 0 Å². The van der Waals surface area contributed by atoms with E-state index in [1.54, 1.807) is 0 Å². The summed E-state index contributed by atoms with van der Waals surface area (Å²) in [5.74, 6) is 0. The van der Waals surface area contributed by atoms with Crippen LogP contribution >= 0.6 is 0 Å². The predicted molar refractivity (Wildman–Crippen MR) is 73.8 cm³/mol. The average molecular weight is 214 g/mol. The molecule has 0 N–H and O–H groups in total. The van der Waals surface area contributed by atoms with Crippen LogP contribution in [-0.4, -0.2) is 0 Å². The van der Waals surface area contributed by atoms with Gasteiger partial charge in [-0.2, -0.15) is 0 Å². The highest BCUT2D eigenvalue weighted by molar-refractivity contribution is 5.25. The van der Waals surface area contributed by atoms with Gasteiger partial charge in [-0.1, -0.05) is 81.9 Å². The molecule has 0 amide bonds. The van der Waals surface area contributed by atoms with Crippen molar-refractivity contribution in [3.63, 3.8) is 0 Å². The summed E-state index contributed by atoms with van der Waals surface area (Å²) in [5, 5.41) is 0. The topological polar surface area (TPSA) is 0 Å². The highest BCUT2D eigenvalue weighted by atomic mass is 14.0. The van der Waals surface area contributed by atoms with Crippen LogP contribution in [0.5, 0.6) is 0 Å². The first kappa shape index (κ1) is 14.4. The maximum absolute atomic E-state index is 2.16. The van der Waals surface area contributed by atoms with Gasteiger partial charge in [0.25, 0.3) is 0 Å². The van der Waals surface area contributed by atoms with Crippen LogP contribution in [0.1, 0.15) is 32.4 Å². The summed E-state index contributed by atoms with van der Waals surface area (Å²) in [6.07, 6.45) is 1.03. The minimum atomic E-state index is 0. The summed E-state index contributed by atoms with van der Waals surface area (Å²) in [5.41, 5.74) is 2.74. The van der Waals surface area contributed by atoms with E-state index in [4.69, 9.17) is 0 Å². The molecule has 0 spiro atoms. The van der Waals surface area contributed by atoms with Gasteiger partial charge in [0.1, 0.15) is 0 Å². The molecular formula is C16H22. The first-order chi connectivity index (χ1) is 7.45. The number of hydrogen-bond acceptors (Lipinski definition) is 0. The molecule has 2 aromatic carbocycles. The second-order valence-electron chi connectivity index (χ2n) is 3.15. The van der Waals surface area contributed by atoms with Crippen LogP contribution in [0, 0.1) is 0 Å². The Labute approximate surface area is 100.0 Å². The minimum absolute atomic E-state index is 0. The van der Waals surface area contributed by atoms with Gasteiger partial charge in [0, 0.05) is 0 Å².